The van der Waals surface area contributed by atoms with Gasteiger partial charge in [-0.2, -0.15) is 10.5 Å². The lowest BCUT2D eigenvalue weighted by molar-refractivity contribution is 0.660. The molecule has 2 heteroatoms. The van der Waals surface area contributed by atoms with E-state index < -0.39 is 0 Å². The van der Waals surface area contributed by atoms with E-state index in [4.69, 9.17) is 0 Å². The minimum atomic E-state index is -0.0601. The second-order valence-corrected chi connectivity index (χ2v) is 12.4. The van der Waals surface area contributed by atoms with Crippen LogP contribution >= 0.6 is 0 Å². The summed E-state index contributed by atoms with van der Waals surface area (Å²) in [6.45, 7) is 4.59. The zero-order chi connectivity index (χ0) is 30.7. The molecular weight excluding hydrogens is 544 g/mol. The predicted molar refractivity (Wildman–Crippen MR) is 185 cm³/mol. The van der Waals surface area contributed by atoms with Crippen LogP contribution < -0.4 is 0 Å². The maximum Gasteiger partial charge on any atom is 0.0998 e. The van der Waals surface area contributed by atoms with E-state index in [1.807, 2.05) is 36.4 Å². The molecule has 0 unspecified atom stereocenters. The highest BCUT2D eigenvalue weighted by molar-refractivity contribution is 6.14. The van der Waals surface area contributed by atoms with Gasteiger partial charge >= 0.3 is 0 Å². The van der Waals surface area contributed by atoms with Crippen LogP contribution in [0.25, 0.3) is 66.1 Å². The van der Waals surface area contributed by atoms with Crippen LogP contribution in [0.4, 0.5) is 0 Å². The Morgan fingerprint density at radius 2 is 1.00 bits per heavy atom. The quantitative estimate of drug-likeness (QED) is 0.198. The first-order valence-electron chi connectivity index (χ1n) is 15.2. The molecule has 45 heavy (non-hydrogen) atoms. The highest BCUT2D eigenvalue weighted by Gasteiger charge is 2.35. The van der Waals surface area contributed by atoms with E-state index in [9.17, 15) is 10.5 Å². The van der Waals surface area contributed by atoms with Crippen LogP contribution in [0.2, 0.25) is 0 Å². The number of nitrogens with zero attached hydrogens (tertiary/aromatic N) is 2. The molecule has 1 aliphatic rings. The first-order chi connectivity index (χ1) is 22.0. The molecular formula is C43H28N2. The number of benzene rings is 7. The second kappa shape index (κ2) is 10.1. The minimum Gasteiger partial charge on any atom is -0.192 e. The number of nitriles is 2. The summed E-state index contributed by atoms with van der Waals surface area (Å²) in [7, 11) is 0. The zero-order valence-corrected chi connectivity index (χ0v) is 25.1. The van der Waals surface area contributed by atoms with Gasteiger partial charge in [-0.3, -0.25) is 0 Å². The molecule has 1 aliphatic carbocycles. The van der Waals surface area contributed by atoms with Crippen molar-refractivity contribution in [1.29, 1.82) is 10.5 Å². The Labute approximate surface area is 263 Å². The van der Waals surface area contributed by atoms with Gasteiger partial charge in [0.05, 0.1) is 23.3 Å². The molecule has 0 radical (unpaired) electrons. The van der Waals surface area contributed by atoms with Crippen molar-refractivity contribution in [1.82, 2.24) is 0 Å². The number of rotatable bonds is 3. The summed E-state index contributed by atoms with van der Waals surface area (Å²) >= 11 is 0. The highest BCUT2D eigenvalue weighted by Crippen LogP contribution is 2.49. The Kier molecular flexibility index (Phi) is 5.96. The summed E-state index contributed by atoms with van der Waals surface area (Å²) in [4.78, 5) is 0. The molecule has 7 aromatic carbocycles. The Morgan fingerprint density at radius 1 is 0.422 bits per heavy atom. The molecule has 0 N–H and O–H groups in total. The molecule has 2 nitrogen and oxygen atoms in total. The second-order valence-electron chi connectivity index (χ2n) is 12.4. The number of hydrogen-bond donors (Lipinski definition) is 0. The third-order valence-corrected chi connectivity index (χ3v) is 9.57. The smallest absolute Gasteiger partial charge is 0.0998 e. The van der Waals surface area contributed by atoms with Crippen molar-refractivity contribution >= 4 is 21.5 Å². The fourth-order valence-electron chi connectivity index (χ4n) is 7.25. The average molecular weight is 573 g/mol. The van der Waals surface area contributed by atoms with Crippen molar-refractivity contribution < 1.29 is 0 Å². The zero-order valence-electron chi connectivity index (χ0n) is 25.1. The van der Waals surface area contributed by atoms with E-state index in [0.717, 1.165) is 49.5 Å². The first kappa shape index (κ1) is 26.7. The van der Waals surface area contributed by atoms with Gasteiger partial charge in [-0.25, -0.2) is 0 Å². The van der Waals surface area contributed by atoms with Crippen molar-refractivity contribution in [2.45, 2.75) is 19.3 Å². The van der Waals surface area contributed by atoms with Gasteiger partial charge < -0.3 is 0 Å². The van der Waals surface area contributed by atoms with Gasteiger partial charge in [0.25, 0.3) is 0 Å². The average Bonchev–Trinajstić information content (AvgIpc) is 3.33. The third kappa shape index (κ3) is 4.08. The van der Waals surface area contributed by atoms with E-state index in [-0.39, 0.29) is 5.41 Å². The molecule has 0 fully saturated rings. The van der Waals surface area contributed by atoms with E-state index in [2.05, 4.69) is 123 Å². The van der Waals surface area contributed by atoms with Crippen molar-refractivity contribution in [2.24, 2.45) is 0 Å². The van der Waals surface area contributed by atoms with E-state index in [1.165, 1.54) is 27.6 Å². The van der Waals surface area contributed by atoms with Crippen molar-refractivity contribution in [2.75, 3.05) is 0 Å². The van der Waals surface area contributed by atoms with Gasteiger partial charge in [0, 0.05) is 16.5 Å². The maximum atomic E-state index is 10.3. The summed E-state index contributed by atoms with van der Waals surface area (Å²) in [5, 5.41) is 25.1. The van der Waals surface area contributed by atoms with Gasteiger partial charge in [-0.05, 0) is 90.3 Å². The van der Waals surface area contributed by atoms with Gasteiger partial charge in [-0.1, -0.05) is 123 Å². The van der Waals surface area contributed by atoms with Crippen LogP contribution in [-0.2, 0) is 5.41 Å². The van der Waals surface area contributed by atoms with Crippen molar-refractivity contribution in [3.8, 4) is 56.6 Å². The molecule has 0 atom stereocenters. The SMILES string of the molecule is CC1(C)c2ccccc2-c2ccc(-c3ccc(-c4cc(C#N)c(-c5cc6ccccc6c6ccccc56)cc4C#N)cc3)cc21. The standard InChI is InChI=1S/C43H28N2/c1-43(2)41-14-8-7-13-36(41)37-20-19-29(24-42(37)43)27-15-17-28(18-16-27)38-22-32(26-45)39(23-31(38)25-44)40-21-30-9-3-4-10-33(30)34-11-5-6-12-35(34)40/h3-24H,1-2H3. The molecule has 0 aromatic heterocycles. The fourth-order valence-corrected chi connectivity index (χ4v) is 7.25. The summed E-state index contributed by atoms with van der Waals surface area (Å²) in [5.74, 6) is 0. The van der Waals surface area contributed by atoms with Crippen molar-refractivity contribution in [3.63, 3.8) is 0 Å². The van der Waals surface area contributed by atoms with Crippen LogP contribution in [0.15, 0.2) is 133 Å². The Bertz CT molecular complexity index is 2410. The molecule has 0 aliphatic heterocycles. The third-order valence-electron chi connectivity index (χ3n) is 9.57. The van der Waals surface area contributed by atoms with Crippen LogP contribution in [0.1, 0.15) is 36.1 Å². The maximum absolute atomic E-state index is 10.3. The van der Waals surface area contributed by atoms with Gasteiger partial charge in [-0.15, -0.1) is 0 Å². The molecule has 0 saturated carbocycles. The molecule has 0 bridgehead atoms. The van der Waals surface area contributed by atoms with Gasteiger partial charge in [0.2, 0.25) is 0 Å². The van der Waals surface area contributed by atoms with Crippen molar-refractivity contribution in [3.05, 3.63) is 156 Å². The molecule has 0 amide bonds. The molecule has 0 heterocycles. The van der Waals surface area contributed by atoms with Crippen LogP contribution in [0, 0.1) is 22.7 Å². The van der Waals surface area contributed by atoms with Crippen LogP contribution in [0.3, 0.4) is 0 Å². The van der Waals surface area contributed by atoms with Crippen LogP contribution in [-0.4, -0.2) is 0 Å². The minimum absolute atomic E-state index is 0.0601. The molecule has 0 saturated heterocycles. The Morgan fingerprint density at radius 3 is 1.78 bits per heavy atom. The Hall–Kier alpha value is -5.96. The topological polar surface area (TPSA) is 47.6 Å². The summed E-state index contributed by atoms with van der Waals surface area (Å²) < 4.78 is 0. The molecule has 7 aromatic rings. The van der Waals surface area contributed by atoms with E-state index in [0.29, 0.717) is 11.1 Å². The summed E-state index contributed by atoms with van der Waals surface area (Å²) in [5.41, 5.74) is 12.1. The molecule has 0 spiro atoms. The first-order valence-corrected chi connectivity index (χ1v) is 15.2. The van der Waals surface area contributed by atoms with Gasteiger partial charge in [0.15, 0.2) is 0 Å². The lowest BCUT2D eigenvalue weighted by atomic mass is 9.81. The summed E-state index contributed by atoms with van der Waals surface area (Å²) in [6.07, 6.45) is 0. The Balaban J connectivity index is 1.21. The normalized spacial score (nSPS) is 12.8. The molecule has 8 rings (SSSR count). The lowest BCUT2D eigenvalue weighted by Gasteiger charge is -2.22. The monoisotopic (exact) mass is 572 g/mol. The number of hydrogen-bond acceptors (Lipinski definition) is 2. The fraction of sp³-hybridized carbons (Fsp3) is 0.0698. The summed E-state index contributed by atoms with van der Waals surface area (Å²) in [6, 6.07) is 51.1. The van der Waals surface area contributed by atoms with E-state index in [1.54, 1.807) is 0 Å². The largest absolute Gasteiger partial charge is 0.192 e. The predicted octanol–water partition coefficient (Wildman–Crippen LogP) is 11.0. The molecule has 210 valence electrons. The van der Waals surface area contributed by atoms with Gasteiger partial charge in [0.1, 0.15) is 0 Å². The highest BCUT2D eigenvalue weighted by atomic mass is 14.4. The lowest BCUT2D eigenvalue weighted by Crippen LogP contribution is -2.14. The number of fused-ring (bicyclic) bond motifs is 6. The van der Waals surface area contributed by atoms with Crippen LogP contribution in [0.5, 0.6) is 0 Å². The van der Waals surface area contributed by atoms with E-state index >= 15 is 0 Å².